The number of alkyl halides is 1. The van der Waals surface area contributed by atoms with E-state index in [4.69, 9.17) is 11.6 Å². The van der Waals surface area contributed by atoms with Crippen molar-refractivity contribution in [1.82, 2.24) is 0 Å². The number of aliphatic hydroxyl groups is 1. The van der Waals surface area contributed by atoms with E-state index in [-0.39, 0.29) is 10.8 Å². The van der Waals surface area contributed by atoms with Gasteiger partial charge in [-0.3, -0.25) is 0 Å². The number of nitrogens with one attached hydrogen (secondary N) is 1. The molecule has 0 radical (unpaired) electrons. The predicted octanol–water partition coefficient (Wildman–Crippen LogP) is 1.10. The molecule has 2 N–H and O–H groups in total. The van der Waals surface area contributed by atoms with Gasteiger partial charge in [0.1, 0.15) is 0 Å². The van der Waals surface area contributed by atoms with Crippen LogP contribution in [0.5, 0.6) is 0 Å². The van der Waals surface area contributed by atoms with Gasteiger partial charge in [0, 0.05) is 18.5 Å². The highest BCUT2D eigenvalue weighted by molar-refractivity contribution is 7.90. The minimum absolute atomic E-state index is 0.161. The molecule has 1 rings (SSSR count). The molecule has 0 aliphatic rings. The van der Waals surface area contributed by atoms with Crippen LogP contribution >= 0.6 is 11.6 Å². The summed E-state index contributed by atoms with van der Waals surface area (Å²) < 4.78 is 22.4. The number of hydrogen-bond acceptors (Lipinski definition) is 4. The third-order valence-electron chi connectivity index (χ3n) is 2.00. The summed E-state index contributed by atoms with van der Waals surface area (Å²) in [4.78, 5) is 0.274. The maximum absolute atomic E-state index is 11.2. The van der Waals surface area contributed by atoms with Crippen LogP contribution in [0.3, 0.4) is 0 Å². The third kappa shape index (κ3) is 4.00. The molecule has 1 atom stereocenters. The molecule has 0 amide bonds. The van der Waals surface area contributed by atoms with E-state index in [1.165, 1.54) is 12.1 Å². The molecule has 0 spiro atoms. The fourth-order valence-electron chi connectivity index (χ4n) is 1.11. The van der Waals surface area contributed by atoms with E-state index in [1.807, 2.05) is 0 Å². The molecule has 90 valence electrons. The Balaban J connectivity index is 2.66. The monoisotopic (exact) mass is 263 g/mol. The second-order valence-corrected chi connectivity index (χ2v) is 5.81. The Bertz CT molecular complexity index is 430. The topological polar surface area (TPSA) is 66.4 Å². The van der Waals surface area contributed by atoms with E-state index in [2.05, 4.69) is 5.32 Å². The molecule has 0 aromatic heterocycles. The first-order chi connectivity index (χ1) is 7.43. The first kappa shape index (κ1) is 13.3. The summed E-state index contributed by atoms with van der Waals surface area (Å²) in [6, 6.07) is 6.34. The van der Waals surface area contributed by atoms with Crippen LogP contribution in [-0.4, -0.2) is 38.3 Å². The molecular weight excluding hydrogens is 250 g/mol. The van der Waals surface area contributed by atoms with Gasteiger partial charge in [-0.1, -0.05) is 0 Å². The lowest BCUT2D eigenvalue weighted by molar-refractivity contribution is 0.211. The zero-order chi connectivity index (χ0) is 12.2. The van der Waals surface area contributed by atoms with Crippen LogP contribution in [0.4, 0.5) is 5.69 Å². The fraction of sp³-hybridized carbons (Fsp3) is 0.400. The van der Waals surface area contributed by atoms with Gasteiger partial charge in [-0.2, -0.15) is 0 Å². The maximum Gasteiger partial charge on any atom is 0.175 e. The van der Waals surface area contributed by atoms with Gasteiger partial charge in [0.25, 0.3) is 0 Å². The number of aliphatic hydroxyl groups excluding tert-OH is 1. The number of hydrogen-bond donors (Lipinski definition) is 2. The zero-order valence-corrected chi connectivity index (χ0v) is 10.4. The van der Waals surface area contributed by atoms with Crippen LogP contribution in [0, 0.1) is 0 Å². The summed E-state index contributed by atoms with van der Waals surface area (Å²) in [6.07, 6.45) is 0.545. The average Bonchev–Trinajstić information content (AvgIpc) is 2.25. The Hall–Kier alpha value is -0.780. The van der Waals surface area contributed by atoms with Crippen molar-refractivity contribution in [3.63, 3.8) is 0 Å². The van der Waals surface area contributed by atoms with Gasteiger partial charge in [0.2, 0.25) is 0 Å². The predicted molar refractivity (Wildman–Crippen MR) is 64.8 cm³/mol. The van der Waals surface area contributed by atoms with E-state index in [0.717, 1.165) is 11.9 Å². The molecule has 6 heteroatoms. The summed E-state index contributed by atoms with van der Waals surface area (Å²) in [5, 5.41) is 12.2. The van der Waals surface area contributed by atoms with Crippen LogP contribution < -0.4 is 5.32 Å². The molecule has 0 aliphatic carbocycles. The number of rotatable bonds is 5. The number of halogens is 1. The van der Waals surface area contributed by atoms with Gasteiger partial charge in [-0.15, -0.1) is 11.6 Å². The molecule has 0 heterocycles. The van der Waals surface area contributed by atoms with Crippen molar-refractivity contribution in [2.45, 2.75) is 11.0 Å². The van der Waals surface area contributed by atoms with E-state index < -0.39 is 15.9 Å². The Kier molecular flexibility index (Phi) is 4.58. The summed E-state index contributed by atoms with van der Waals surface area (Å²) in [5.74, 6) is 0.161. The maximum atomic E-state index is 11.2. The number of benzene rings is 1. The molecular formula is C10H14ClNO3S. The molecule has 1 aromatic rings. The number of anilines is 1. The van der Waals surface area contributed by atoms with Gasteiger partial charge in [-0.05, 0) is 24.3 Å². The van der Waals surface area contributed by atoms with E-state index in [9.17, 15) is 13.5 Å². The highest BCUT2D eigenvalue weighted by Crippen LogP contribution is 2.13. The lowest BCUT2D eigenvalue weighted by Crippen LogP contribution is -2.20. The van der Waals surface area contributed by atoms with Gasteiger partial charge >= 0.3 is 0 Å². The fourth-order valence-corrected chi connectivity index (χ4v) is 1.85. The Labute approximate surface area is 100 Å². The highest BCUT2D eigenvalue weighted by Gasteiger charge is 2.06. The van der Waals surface area contributed by atoms with Crippen LogP contribution in [-0.2, 0) is 9.84 Å². The molecule has 1 unspecified atom stereocenters. The van der Waals surface area contributed by atoms with Gasteiger partial charge in [0.15, 0.2) is 9.84 Å². The van der Waals surface area contributed by atoms with Crippen molar-refractivity contribution < 1.29 is 13.5 Å². The van der Waals surface area contributed by atoms with Crippen molar-refractivity contribution in [3.8, 4) is 0 Å². The minimum atomic E-state index is -3.15. The smallest absolute Gasteiger partial charge is 0.175 e. The quantitative estimate of drug-likeness (QED) is 0.781. The lowest BCUT2D eigenvalue weighted by Gasteiger charge is -2.10. The van der Waals surface area contributed by atoms with Crippen molar-refractivity contribution >= 4 is 27.1 Å². The first-order valence-corrected chi connectivity index (χ1v) is 7.14. The van der Waals surface area contributed by atoms with Crippen LogP contribution in [0.1, 0.15) is 0 Å². The second kappa shape index (κ2) is 5.52. The van der Waals surface area contributed by atoms with Crippen molar-refractivity contribution in [2.75, 3.05) is 24.0 Å². The molecule has 1 aromatic carbocycles. The van der Waals surface area contributed by atoms with E-state index >= 15 is 0 Å². The largest absolute Gasteiger partial charge is 0.390 e. The third-order valence-corrected chi connectivity index (χ3v) is 3.49. The zero-order valence-electron chi connectivity index (χ0n) is 8.85. The standard InChI is InChI=1S/C10H14ClNO3S/c1-16(14,15)10-4-2-8(3-5-10)12-7-9(13)6-11/h2-5,9,12-13H,6-7H2,1H3. The first-order valence-electron chi connectivity index (χ1n) is 4.71. The summed E-state index contributed by atoms with van der Waals surface area (Å²) in [6.45, 7) is 0.335. The second-order valence-electron chi connectivity index (χ2n) is 3.49. The Morgan fingerprint density at radius 1 is 1.38 bits per heavy atom. The van der Waals surface area contributed by atoms with Crippen LogP contribution in [0.25, 0.3) is 0 Å². The SMILES string of the molecule is CS(=O)(=O)c1ccc(NCC(O)CCl)cc1. The molecule has 0 fully saturated rings. The molecule has 16 heavy (non-hydrogen) atoms. The molecule has 0 aliphatic heterocycles. The van der Waals surface area contributed by atoms with Gasteiger partial charge < -0.3 is 10.4 Å². The van der Waals surface area contributed by atoms with Crippen molar-refractivity contribution in [1.29, 1.82) is 0 Å². The van der Waals surface area contributed by atoms with Crippen molar-refractivity contribution in [3.05, 3.63) is 24.3 Å². The summed E-state index contributed by atoms with van der Waals surface area (Å²) >= 11 is 5.43. The normalized spacial score (nSPS) is 13.4. The van der Waals surface area contributed by atoms with Gasteiger partial charge in [0.05, 0.1) is 16.9 Å². The summed E-state index contributed by atoms with van der Waals surface area (Å²) in [7, 11) is -3.15. The average molecular weight is 264 g/mol. The lowest BCUT2D eigenvalue weighted by atomic mass is 10.3. The Morgan fingerprint density at radius 3 is 2.38 bits per heavy atom. The summed E-state index contributed by atoms with van der Waals surface area (Å²) in [5.41, 5.74) is 0.747. The van der Waals surface area contributed by atoms with Crippen molar-refractivity contribution in [2.24, 2.45) is 0 Å². The Morgan fingerprint density at radius 2 is 1.94 bits per heavy atom. The minimum Gasteiger partial charge on any atom is -0.390 e. The molecule has 4 nitrogen and oxygen atoms in total. The van der Waals surface area contributed by atoms with Gasteiger partial charge in [-0.25, -0.2) is 8.42 Å². The van der Waals surface area contributed by atoms with Crippen LogP contribution in [0.15, 0.2) is 29.2 Å². The van der Waals surface area contributed by atoms with Crippen LogP contribution in [0.2, 0.25) is 0 Å². The molecule has 0 saturated heterocycles. The number of sulfone groups is 1. The molecule has 0 saturated carbocycles. The highest BCUT2D eigenvalue weighted by atomic mass is 35.5. The van der Waals surface area contributed by atoms with E-state index in [0.29, 0.717) is 6.54 Å². The van der Waals surface area contributed by atoms with E-state index in [1.54, 1.807) is 12.1 Å². The molecule has 0 bridgehead atoms.